The number of anilines is 1. The monoisotopic (exact) mass is 487 g/mol. The molecule has 7 nitrogen and oxygen atoms in total. The van der Waals surface area contributed by atoms with Crippen LogP contribution in [0, 0.1) is 6.92 Å². The van der Waals surface area contributed by atoms with Crippen LogP contribution in [-0.2, 0) is 0 Å². The molecule has 0 aliphatic rings. The number of hydrogen-bond donors (Lipinski definition) is 2. The van der Waals surface area contributed by atoms with Crippen molar-refractivity contribution in [2.24, 2.45) is 0 Å². The van der Waals surface area contributed by atoms with Crippen molar-refractivity contribution in [1.82, 2.24) is 19.0 Å². The molecule has 0 bridgehead atoms. The number of nitrogens with zero attached hydrogens (tertiary/aromatic N) is 3. The Morgan fingerprint density at radius 1 is 1.00 bits per heavy atom. The second-order valence-corrected chi connectivity index (χ2v) is 9.24. The van der Waals surface area contributed by atoms with Gasteiger partial charge in [-0.25, -0.2) is 4.98 Å². The van der Waals surface area contributed by atoms with E-state index >= 15 is 0 Å². The van der Waals surface area contributed by atoms with Gasteiger partial charge in [-0.05, 0) is 78.7 Å². The predicted octanol–water partition coefficient (Wildman–Crippen LogP) is 6.06. The summed E-state index contributed by atoms with van der Waals surface area (Å²) in [5.41, 5.74) is 7.21. The Bertz CT molecular complexity index is 1550. The summed E-state index contributed by atoms with van der Waals surface area (Å²) in [5, 5.41) is 6.03. The third-order valence-corrected chi connectivity index (χ3v) is 6.31. The van der Waals surface area contributed by atoms with E-state index in [0.29, 0.717) is 22.9 Å². The van der Waals surface area contributed by atoms with Crippen molar-refractivity contribution in [3.8, 4) is 11.5 Å². The van der Waals surface area contributed by atoms with Gasteiger partial charge in [0.15, 0.2) is 10.7 Å². The number of carbonyl (C=O) groups is 1. The number of aryl methyl sites for hydroxylation is 1. The number of hydrogen-bond acceptors (Lipinski definition) is 7. The highest BCUT2D eigenvalue weighted by Gasteiger charge is 2.14. The van der Waals surface area contributed by atoms with Crippen molar-refractivity contribution >= 4 is 62.8 Å². The number of rotatable bonds is 4. The van der Waals surface area contributed by atoms with E-state index in [9.17, 15) is 4.79 Å². The fraction of sp³-hybridized carbons (Fsp3) is 0.160. The topological polar surface area (TPSA) is 92.9 Å². The standard InChI is InChI=1S/C25H21N5O2S2/c1-13(2)15-7-9-22-21(10-15)26-24(32-22)17-5-4-14(3)19(12-17)27-25(33)28-23(31)16-6-8-18-20(11-16)30-34-29-18/h4-13H,1-3H3,(H2,27,28,31,33). The maximum atomic E-state index is 12.7. The minimum Gasteiger partial charge on any atom is -0.436 e. The van der Waals surface area contributed by atoms with Crippen LogP contribution in [0.3, 0.4) is 0 Å². The second-order valence-electron chi connectivity index (χ2n) is 8.31. The van der Waals surface area contributed by atoms with Crippen LogP contribution < -0.4 is 10.6 Å². The van der Waals surface area contributed by atoms with Gasteiger partial charge in [-0.15, -0.1) is 0 Å². The van der Waals surface area contributed by atoms with Crippen LogP contribution in [0.15, 0.2) is 59.0 Å². The van der Waals surface area contributed by atoms with E-state index in [1.165, 1.54) is 5.56 Å². The van der Waals surface area contributed by atoms with Crippen LogP contribution in [0.1, 0.15) is 41.3 Å². The maximum absolute atomic E-state index is 12.7. The lowest BCUT2D eigenvalue weighted by Gasteiger charge is -2.12. The van der Waals surface area contributed by atoms with Crippen molar-refractivity contribution < 1.29 is 9.21 Å². The van der Waals surface area contributed by atoms with Gasteiger partial charge < -0.3 is 9.73 Å². The molecule has 0 spiro atoms. The van der Waals surface area contributed by atoms with Gasteiger partial charge in [0.05, 0.1) is 11.7 Å². The van der Waals surface area contributed by atoms with Crippen molar-refractivity contribution in [2.75, 3.05) is 5.32 Å². The fourth-order valence-electron chi connectivity index (χ4n) is 3.57. The number of aromatic nitrogens is 3. The molecule has 0 atom stereocenters. The first-order valence-corrected chi connectivity index (χ1v) is 11.9. The smallest absolute Gasteiger partial charge is 0.257 e. The SMILES string of the molecule is Cc1ccc(-c2nc3cc(C(C)C)ccc3o2)cc1NC(=S)NC(=O)c1ccc2nsnc2c1. The van der Waals surface area contributed by atoms with Crippen LogP contribution in [0.2, 0.25) is 0 Å². The molecule has 0 aliphatic carbocycles. The summed E-state index contributed by atoms with van der Waals surface area (Å²) in [7, 11) is 0. The van der Waals surface area contributed by atoms with Gasteiger partial charge in [0, 0.05) is 16.8 Å². The van der Waals surface area contributed by atoms with Crippen molar-refractivity contribution in [1.29, 1.82) is 0 Å². The van der Waals surface area contributed by atoms with Crippen LogP contribution >= 0.6 is 23.9 Å². The lowest BCUT2D eigenvalue weighted by atomic mass is 10.0. The van der Waals surface area contributed by atoms with Crippen LogP contribution in [0.5, 0.6) is 0 Å². The van der Waals surface area contributed by atoms with Crippen LogP contribution in [0.4, 0.5) is 5.69 Å². The number of oxazole rings is 1. The number of carbonyl (C=O) groups excluding carboxylic acids is 1. The molecule has 0 radical (unpaired) electrons. The normalized spacial score (nSPS) is 11.3. The molecule has 5 aromatic rings. The van der Waals surface area contributed by atoms with Gasteiger partial charge in [-0.3, -0.25) is 10.1 Å². The van der Waals surface area contributed by atoms with E-state index in [0.717, 1.165) is 45.2 Å². The Morgan fingerprint density at radius 3 is 2.65 bits per heavy atom. The fourth-order valence-corrected chi connectivity index (χ4v) is 4.29. The molecule has 0 aliphatic heterocycles. The molecule has 3 aromatic carbocycles. The lowest BCUT2D eigenvalue weighted by molar-refractivity contribution is 0.0978. The molecule has 34 heavy (non-hydrogen) atoms. The number of amides is 1. The van der Waals surface area contributed by atoms with E-state index in [-0.39, 0.29) is 11.0 Å². The van der Waals surface area contributed by atoms with E-state index < -0.39 is 0 Å². The molecule has 0 unspecified atom stereocenters. The predicted molar refractivity (Wildman–Crippen MR) is 139 cm³/mol. The Hall–Kier alpha value is -3.69. The highest BCUT2D eigenvalue weighted by Crippen LogP contribution is 2.29. The summed E-state index contributed by atoms with van der Waals surface area (Å²) < 4.78 is 14.3. The first-order chi connectivity index (χ1) is 16.4. The van der Waals surface area contributed by atoms with E-state index in [1.54, 1.807) is 18.2 Å². The van der Waals surface area contributed by atoms with E-state index in [2.05, 4.69) is 50.3 Å². The lowest BCUT2D eigenvalue weighted by Crippen LogP contribution is -2.34. The number of thiocarbonyl (C=S) groups is 1. The van der Waals surface area contributed by atoms with Crippen molar-refractivity contribution in [2.45, 2.75) is 26.7 Å². The van der Waals surface area contributed by atoms with Gasteiger partial charge in [0.2, 0.25) is 5.89 Å². The number of fused-ring (bicyclic) bond motifs is 2. The molecular weight excluding hydrogens is 466 g/mol. The first kappa shape index (κ1) is 22.1. The van der Waals surface area contributed by atoms with Gasteiger partial charge in [-0.2, -0.15) is 8.75 Å². The first-order valence-electron chi connectivity index (χ1n) is 10.7. The zero-order valence-corrected chi connectivity index (χ0v) is 20.4. The maximum Gasteiger partial charge on any atom is 0.257 e. The van der Waals surface area contributed by atoms with E-state index in [4.69, 9.17) is 16.6 Å². The number of benzene rings is 3. The van der Waals surface area contributed by atoms with Gasteiger partial charge in [0.25, 0.3) is 5.91 Å². The molecule has 170 valence electrons. The molecule has 0 fully saturated rings. The third-order valence-electron chi connectivity index (χ3n) is 5.55. The summed E-state index contributed by atoms with van der Waals surface area (Å²) >= 11 is 6.50. The van der Waals surface area contributed by atoms with Gasteiger partial charge in [-0.1, -0.05) is 26.0 Å². The molecule has 2 aromatic heterocycles. The zero-order chi connectivity index (χ0) is 23.8. The Balaban J connectivity index is 1.34. The van der Waals surface area contributed by atoms with Crippen LogP contribution in [-0.4, -0.2) is 24.8 Å². The Labute approximate surface area is 205 Å². The molecule has 0 saturated carbocycles. The summed E-state index contributed by atoms with van der Waals surface area (Å²) in [6, 6.07) is 17.1. The molecule has 2 heterocycles. The van der Waals surface area contributed by atoms with Gasteiger partial charge in [0.1, 0.15) is 16.6 Å². The highest BCUT2D eigenvalue weighted by atomic mass is 32.1. The average molecular weight is 488 g/mol. The molecular formula is C25H21N5O2S2. The number of nitrogens with one attached hydrogen (secondary N) is 2. The summed E-state index contributed by atoms with van der Waals surface area (Å²) in [6.07, 6.45) is 0. The second kappa shape index (κ2) is 8.92. The van der Waals surface area contributed by atoms with Crippen molar-refractivity contribution in [3.63, 3.8) is 0 Å². The summed E-state index contributed by atoms with van der Waals surface area (Å²) in [4.78, 5) is 17.3. The van der Waals surface area contributed by atoms with Crippen LogP contribution in [0.25, 0.3) is 33.6 Å². The quantitative estimate of drug-likeness (QED) is 0.298. The van der Waals surface area contributed by atoms with E-state index in [1.807, 2.05) is 31.2 Å². The molecule has 0 saturated heterocycles. The minimum absolute atomic E-state index is 0.195. The molecule has 1 amide bonds. The average Bonchev–Trinajstić information content (AvgIpc) is 3.46. The summed E-state index contributed by atoms with van der Waals surface area (Å²) in [6.45, 7) is 6.26. The Morgan fingerprint density at radius 2 is 1.82 bits per heavy atom. The minimum atomic E-state index is -0.318. The summed E-state index contributed by atoms with van der Waals surface area (Å²) in [5.74, 6) is 0.622. The van der Waals surface area contributed by atoms with Gasteiger partial charge >= 0.3 is 0 Å². The third kappa shape index (κ3) is 4.40. The highest BCUT2D eigenvalue weighted by molar-refractivity contribution is 7.80. The Kier molecular flexibility index (Phi) is 5.80. The van der Waals surface area contributed by atoms with Crippen molar-refractivity contribution in [3.05, 3.63) is 71.3 Å². The largest absolute Gasteiger partial charge is 0.436 e. The molecule has 2 N–H and O–H groups in total. The zero-order valence-electron chi connectivity index (χ0n) is 18.7. The molecule has 9 heteroatoms. The molecule has 5 rings (SSSR count).